The first-order valence-corrected chi connectivity index (χ1v) is 6.55. The molecule has 110 valence electrons. The van der Waals surface area contributed by atoms with Gasteiger partial charge in [-0.3, -0.25) is 4.79 Å². The Balaban J connectivity index is 3.01. The van der Waals surface area contributed by atoms with Gasteiger partial charge in [-0.25, -0.2) is 9.78 Å². The fourth-order valence-electron chi connectivity index (χ4n) is 1.88. The van der Waals surface area contributed by atoms with Gasteiger partial charge in [0.2, 0.25) is 0 Å². The molecule has 0 radical (unpaired) electrons. The number of nitrogens with zero attached hydrogens (tertiary/aromatic N) is 2. The van der Waals surface area contributed by atoms with Crippen LogP contribution in [0.4, 0.5) is 5.82 Å². The highest BCUT2D eigenvalue weighted by atomic mass is 16.4. The fraction of sp³-hybridized carbons (Fsp3) is 0.500. The number of hydrogen-bond donors (Lipinski definition) is 2. The molecule has 0 aromatic carbocycles. The summed E-state index contributed by atoms with van der Waals surface area (Å²) in [5.41, 5.74) is -0.824. The molecule has 20 heavy (non-hydrogen) atoms. The second-order valence-corrected chi connectivity index (χ2v) is 4.85. The van der Waals surface area contributed by atoms with E-state index in [1.807, 2.05) is 14.1 Å². The number of amides is 1. The van der Waals surface area contributed by atoms with E-state index in [-0.39, 0.29) is 0 Å². The number of anilines is 1. The van der Waals surface area contributed by atoms with Gasteiger partial charge in [-0.2, -0.15) is 0 Å². The summed E-state index contributed by atoms with van der Waals surface area (Å²) in [4.78, 5) is 29.5. The summed E-state index contributed by atoms with van der Waals surface area (Å²) < 4.78 is 0. The van der Waals surface area contributed by atoms with Gasteiger partial charge in [0, 0.05) is 25.9 Å². The SMILES string of the molecule is CCC(CC)(NC(=O)c1ccnc(N(C)C)c1)C(=O)O. The molecule has 1 amide bonds. The highest BCUT2D eigenvalue weighted by Gasteiger charge is 2.36. The van der Waals surface area contributed by atoms with Crippen molar-refractivity contribution in [1.82, 2.24) is 10.3 Å². The number of carboxylic acids is 1. The van der Waals surface area contributed by atoms with Crippen molar-refractivity contribution in [2.45, 2.75) is 32.2 Å². The molecule has 1 aromatic rings. The van der Waals surface area contributed by atoms with Crippen LogP contribution < -0.4 is 10.2 Å². The van der Waals surface area contributed by atoms with Gasteiger partial charge >= 0.3 is 5.97 Å². The van der Waals surface area contributed by atoms with E-state index in [1.54, 1.807) is 30.9 Å². The molecule has 6 heteroatoms. The molecule has 0 unspecified atom stereocenters. The van der Waals surface area contributed by atoms with E-state index in [1.165, 1.54) is 6.20 Å². The molecule has 0 bridgehead atoms. The monoisotopic (exact) mass is 279 g/mol. The quantitative estimate of drug-likeness (QED) is 0.825. The molecule has 0 saturated heterocycles. The molecular formula is C14H21N3O3. The molecule has 0 fully saturated rings. The topological polar surface area (TPSA) is 82.5 Å². The van der Waals surface area contributed by atoms with Crippen molar-refractivity contribution in [2.24, 2.45) is 0 Å². The van der Waals surface area contributed by atoms with Crippen molar-refractivity contribution < 1.29 is 14.7 Å². The molecule has 0 aliphatic rings. The van der Waals surface area contributed by atoms with Crippen molar-refractivity contribution in [1.29, 1.82) is 0 Å². The smallest absolute Gasteiger partial charge is 0.329 e. The van der Waals surface area contributed by atoms with Crippen LogP contribution in [0.3, 0.4) is 0 Å². The third kappa shape index (κ3) is 3.26. The first-order valence-electron chi connectivity index (χ1n) is 6.55. The van der Waals surface area contributed by atoms with Crippen molar-refractivity contribution >= 4 is 17.7 Å². The lowest BCUT2D eigenvalue weighted by atomic mass is 9.92. The first kappa shape index (κ1) is 15.9. The van der Waals surface area contributed by atoms with Gasteiger partial charge in [0.15, 0.2) is 0 Å². The summed E-state index contributed by atoms with van der Waals surface area (Å²) in [5.74, 6) is -0.772. The lowest BCUT2D eigenvalue weighted by Crippen LogP contribution is -2.53. The zero-order valence-corrected chi connectivity index (χ0v) is 12.3. The standard InChI is InChI=1S/C14H21N3O3/c1-5-14(6-2,13(19)20)16-12(18)10-7-8-15-11(9-10)17(3)4/h7-9H,5-6H2,1-4H3,(H,16,18)(H,19,20). The molecule has 0 aliphatic heterocycles. The minimum absolute atomic E-state index is 0.330. The third-order valence-electron chi connectivity index (χ3n) is 3.44. The molecule has 1 heterocycles. The Morgan fingerprint density at radius 1 is 1.35 bits per heavy atom. The maximum absolute atomic E-state index is 12.2. The third-order valence-corrected chi connectivity index (χ3v) is 3.44. The van der Waals surface area contributed by atoms with Gasteiger partial charge in [-0.1, -0.05) is 13.8 Å². The van der Waals surface area contributed by atoms with Gasteiger partial charge in [0.05, 0.1) is 0 Å². The lowest BCUT2D eigenvalue weighted by molar-refractivity contribution is -0.144. The van der Waals surface area contributed by atoms with E-state index in [2.05, 4.69) is 10.3 Å². The van der Waals surface area contributed by atoms with Gasteiger partial charge in [-0.05, 0) is 25.0 Å². The Kier molecular flexibility index (Phi) is 5.07. The molecule has 6 nitrogen and oxygen atoms in total. The Hall–Kier alpha value is -2.11. The van der Waals surface area contributed by atoms with Crippen LogP contribution in [-0.2, 0) is 4.79 Å². The summed E-state index contributed by atoms with van der Waals surface area (Å²) in [5, 5.41) is 12.0. The van der Waals surface area contributed by atoms with E-state index in [0.29, 0.717) is 24.2 Å². The van der Waals surface area contributed by atoms with Crippen LogP contribution in [-0.4, -0.2) is 41.6 Å². The molecule has 2 N–H and O–H groups in total. The van der Waals surface area contributed by atoms with E-state index in [9.17, 15) is 14.7 Å². The van der Waals surface area contributed by atoms with Gasteiger partial charge < -0.3 is 15.3 Å². The minimum Gasteiger partial charge on any atom is -0.480 e. The maximum atomic E-state index is 12.2. The first-order chi connectivity index (χ1) is 9.36. The largest absolute Gasteiger partial charge is 0.480 e. The average molecular weight is 279 g/mol. The van der Waals surface area contributed by atoms with Crippen molar-refractivity contribution in [3.05, 3.63) is 23.9 Å². The highest BCUT2D eigenvalue weighted by molar-refractivity contribution is 5.98. The average Bonchev–Trinajstić information content (AvgIpc) is 2.44. The van der Waals surface area contributed by atoms with Crippen LogP contribution in [0.25, 0.3) is 0 Å². The lowest BCUT2D eigenvalue weighted by Gasteiger charge is -2.28. The van der Waals surface area contributed by atoms with Crippen LogP contribution in [0.15, 0.2) is 18.3 Å². The Bertz CT molecular complexity index is 496. The Morgan fingerprint density at radius 2 is 1.95 bits per heavy atom. The number of rotatable bonds is 6. The summed E-state index contributed by atoms with van der Waals surface area (Å²) in [6.07, 6.45) is 2.19. The maximum Gasteiger partial charge on any atom is 0.329 e. The number of aromatic nitrogens is 1. The number of hydrogen-bond acceptors (Lipinski definition) is 4. The number of carbonyl (C=O) groups excluding carboxylic acids is 1. The molecule has 1 rings (SSSR count). The van der Waals surface area contributed by atoms with E-state index in [0.717, 1.165) is 0 Å². The molecule has 0 spiro atoms. The van der Waals surface area contributed by atoms with Gasteiger partial charge in [0.25, 0.3) is 5.91 Å². The molecule has 1 aromatic heterocycles. The van der Waals surface area contributed by atoms with E-state index in [4.69, 9.17) is 0 Å². The number of carboxylic acid groups (broad SMARTS) is 1. The van der Waals surface area contributed by atoms with Crippen LogP contribution in [0.1, 0.15) is 37.0 Å². The van der Waals surface area contributed by atoms with Gasteiger partial charge in [-0.15, -0.1) is 0 Å². The summed E-state index contributed by atoms with van der Waals surface area (Å²) in [6.45, 7) is 3.49. The number of carbonyl (C=O) groups is 2. The normalized spacial score (nSPS) is 11.0. The predicted molar refractivity (Wildman–Crippen MR) is 77.0 cm³/mol. The molecule has 0 atom stereocenters. The van der Waals surface area contributed by atoms with Crippen LogP contribution >= 0.6 is 0 Å². The number of nitrogens with one attached hydrogen (secondary N) is 1. The van der Waals surface area contributed by atoms with Crippen molar-refractivity contribution in [2.75, 3.05) is 19.0 Å². The number of aliphatic carboxylic acids is 1. The second-order valence-electron chi connectivity index (χ2n) is 4.85. The van der Waals surface area contributed by atoms with Crippen molar-refractivity contribution in [3.63, 3.8) is 0 Å². The Morgan fingerprint density at radius 3 is 2.40 bits per heavy atom. The summed E-state index contributed by atoms with van der Waals surface area (Å²) in [7, 11) is 3.65. The summed E-state index contributed by atoms with van der Waals surface area (Å²) >= 11 is 0. The van der Waals surface area contributed by atoms with E-state index >= 15 is 0 Å². The molecular weight excluding hydrogens is 258 g/mol. The zero-order valence-electron chi connectivity index (χ0n) is 12.3. The number of pyridine rings is 1. The highest BCUT2D eigenvalue weighted by Crippen LogP contribution is 2.17. The fourth-order valence-corrected chi connectivity index (χ4v) is 1.88. The van der Waals surface area contributed by atoms with Crippen LogP contribution in [0.2, 0.25) is 0 Å². The van der Waals surface area contributed by atoms with Crippen LogP contribution in [0, 0.1) is 0 Å². The Labute approximate surface area is 118 Å². The summed E-state index contributed by atoms with van der Waals surface area (Å²) in [6, 6.07) is 3.20. The van der Waals surface area contributed by atoms with Gasteiger partial charge in [0.1, 0.15) is 11.4 Å². The van der Waals surface area contributed by atoms with Crippen molar-refractivity contribution in [3.8, 4) is 0 Å². The zero-order chi connectivity index (χ0) is 15.3. The van der Waals surface area contributed by atoms with E-state index < -0.39 is 17.4 Å². The molecule has 0 aliphatic carbocycles. The second kappa shape index (κ2) is 6.36. The van der Waals surface area contributed by atoms with Crippen LogP contribution in [0.5, 0.6) is 0 Å². The predicted octanol–water partition coefficient (Wildman–Crippen LogP) is 1.52. The minimum atomic E-state index is -1.22. The molecule has 0 saturated carbocycles.